The summed E-state index contributed by atoms with van der Waals surface area (Å²) in [5.74, 6) is 1.33. The van der Waals surface area contributed by atoms with Crippen molar-refractivity contribution in [1.29, 1.82) is 0 Å². The van der Waals surface area contributed by atoms with Gasteiger partial charge in [-0.3, -0.25) is 5.10 Å². The molecule has 0 radical (unpaired) electrons. The summed E-state index contributed by atoms with van der Waals surface area (Å²) < 4.78 is 18.8. The molecule has 1 aromatic carbocycles. The number of thioether (sulfide) groups is 1. The van der Waals surface area contributed by atoms with Crippen LogP contribution in [-0.2, 0) is 5.75 Å². The summed E-state index contributed by atoms with van der Waals surface area (Å²) >= 11 is 1.61. The van der Waals surface area contributed by atoms with Crippen molar-refractivity contribution < 1.29 is 8.91 Å². The van der Waals surface area contributed by atoms with Gasteiger partial charge in [0, 0.05) is 5.56 Å². The average molecular weight is 290 g/mol. The molecular weight excluding hydrogens is 279 g/mol. The summed E-state index contributed by atoms with van der Waals surface area (Å²) in [7, 11) is 0. The smallest absolute Gasteiger partial charge is 0.275 e. The van der Waals surface area contributed by atoms with Crippen LogP contribution in [0.1, 0.15) is 5.82 Å². The van der Waals surface area contributed by atoms with E-state index in [0.717, 1.165) is 0 Å². The van der Waals surface area contributed by atoms with Crippen molar-refractivity contribution in [3.05, 3.63) is 42.0 Å². The van der Waals surface area contributed by atoms with E-state index >= 15 is 0 Å². The Morgan fingerprint density at radius 3 is 3.00 bits per heavy atom. The zero-order valence-corrected chi connectivity index (χ0v) is 11.4. The number of halogens is 1. The SMILES string of the molecule is CSCc1noc(-c2cc(-c3ccccc3F)n[nH]2)n1. The van der Waals surface area contributed by atoms with Crippen LogP contribution in [0.5, 0.6) is 0 Å². The van der Waals surface area contributed by atoms with E-state index in [-0.39, 0.29) is 5.82 Å². The monoisotopic (exact) mass is 290 g/mol. The molecule has 0 aliphatic rings. The van der Waals surface area contributed by atoms with Crippen LogP contribution in [0, 0.1) is 5.82 Å². The Kier molecular flexibility index (Phi) is 3.51. The van der Waals surface area contributed by atoms with Gasteiger partial charge >= 0.3 is 0 Å². The van der Waals surface area contributed by atoms with E-state index in [1.54, 1.807) is 36.0 Å². The van der Waals surface area contributed by atoms with Crippen LogP contribution < -0.4 is 0 Å². The van der Waals surface area contributed by atoms with Crippen LogP contribution in [-0.4, -0.2) is 26.6 Å². The lowest BCUT2D eigenvalue weighted by Gasteiger charge is -1.96. The second kappa shape index (κ2) is 5.46. The van der Waals surface area contributed by atoms with Crippen molar-refractivity contribution in [1.82, 2.24) is 20.3 Å². The quantitative estimate of drug-likeness (QED) is 0.799. The summed E-state index contributed by atoms with van der Waals surface area (Å²) in [4.78, 5) is 4.24. The van der Waals surface area contributed by atoms with E-state index in [9.17, 15) is 4.39 Å². The molecule has 102 valence electrons. The number of H-pyrrole nitrogens is 1. The molecule has 0 saturated carbocycles. The van der Waals surface area contributed by atoms with Crippen LogP contribution in [0.25, 0.3) is 22.8 Å². The van der Waals surface area contributed by atoms with Crippen molar-refractivity contribution in [2.75, 3.05) is 6.26 Å². The summed E-state index contributed by atoms with van der Waals surface area (Å²) in [6.07, 6.45) is 1.96. The molecule has 0 fully saturated rings. The molecule has 0 saturated heterocycles. The van der Waals surface area contributed by atoms with Crippen LogP contribution >= 0.6 is 11.8 Å². The number of nitrogens with zero attached hydrogens (tertiary/aromatic N) is 3. The van der Waals surface area contributed by atoms with Crippen LogP contribution in [0.15, 0.2) is 34.9 Å². The standard InChI is InChI=1S/C13H11FN4OS/c1-20-7-12-15-13(19-18-12)11-6-10(16-17-11)8-4-2-3-5-9(8)14/h2-6H,7H2,1H3,(H,16,17). The minimum Gasteiger partial charge on any atom is -0.332 e. The third-order valence-electron chi connectivity index (χ3n) is 2.70. The Hall–Kier alpha value is -2.15. The molecule has 0 aliphatic heterocycles. The molecule has 5 nitrogen and oxygen atoms in total. The van der Waals surface area contributed by atoms with E-state index in [1.165, 1.54) is 6.07 Å². The molecule has 0 amide bonds. The second-order valence-electron chi connectivity index (χ2n) is 4.10. The zero-order chi connectivity index (χ0) is 13.9. The average Bonchev–Trinajstić information content (AvgIpc) is 3.08. The van der Waals surface area contributed by atoms with E-state index < -0.39 is 0 Å². The summed E-state index contributed by atoms with van der Waals surface area (Å²) in [5, 5.41) is 10.7. The number of hydrogen-bond acceptors (Lipinski definition) is 5. The van der Waals surface area contributed by atoms with Gasteiger partial charge in [0.25, 0.3) is 5.89 Å². The van der Waals surface area contributed by atoms with Gasteiger partial charge in [-0.15, -0.1) is 0 Å². The molecule has 2 aromatic heterocycles. The van der Waals surface area contributed by atoms with Gasteiger partial charge in [0.2, 0.25) is 0 Å². The fourth-order valence-electron chi connectivity index (χ4n) is 1.79. The first-order valence-electron chi connectivity index (χ1n) is 5.90. The summed E-state index contributed by atoms with van der Waals surface area (Å²) in [5.41, 5.74) is 1.50. The maximum absolute atomic E-state index is 13.7. The van der Waals surface area contributed by atoms with Crippen LogP contribution in [0.4, 0.5) is 4.39 Å². The van der Waals surface area contributed by atoms with E-state index in [4.69, 9.17) is 4.52 Å². The molecular formula is C13H11FN4OS. The highest BCUT2D eigenvalue weighted by atomic mass is 32.2. The normalized spacial score (nSPS) is 10.9. The highest BCUT2D eigenvalue weighted by molar-refractivity contribution is 7.97. The van der Waals surface area contributed by atoms with E-state index in [1.807, 2.05) is 6.26 Å². The molecule has 0 unspecified atom stereocenters. The van der Waals surface area contributed by atoms with Crippen molar-refractivity contribution in [3.8, 4) is 22.8 Å². The molecule has 20 heavy (non-hydrogen) atoms. The first kappa shape index (κ1) is 12.9. The van der Waals surface area contributed by atoms with Crippen LogP contribution in [0.3, 0.4) is 0 Å². The van der Waals surface area contributed by atoms with Crippen molar-refractivity contribution in [2.24, 2.45) is 0 Å². The number of hydrogen-bond donors (Lipinski definition) is 1. The largest absolute Gasteiger partial charge is 0.332 e. The molecule has 0 spiro atoms. The Balaban J connectivity index is 1.91. The molecule has 2 heterocycles. The lowest BCUT2D eigenvalue weighted by atomic mass is 10.1. The van der Waals surface area contributed by atoms with E-state index in [0.29, 0.717) is 34.4 Å². The molecule has 7 heteroatoms. The fraction of sp³-hybridized carbons (Fsp3) is 0.154. The number of aromatic amines is 1. The minimum absolute atomic E-state index is 0.320. The first-order chi connectivity index (χ1) is 9.78. The Labute approximate surface area is 118 Å². The third-order valence-corrected chi connectivity index (χ3v) is 3.25. The molecule has 0 atom stereocenters. The zero-order valence-electron chi connectivity index (χ0n) is 10.6. The summed E-state index contributed by atoms with van der Waals surface area (Å²) in [6, 6.07) is 8.15. The molecule has 0 aliphatic carbocycles. The topological polar surface area (TPSA) is 67.6 Å². The molecule has 0 bridgehead atoms. The number of rotatable bonds is 4. The predicted molar refractivity (Wildman–Crippen MR) is 74.5 cm³/mol. The van der Waals surface area contributed by atoms with E-state index in [2.05, 4.69) is 20.3 Å². The van der Waals surface area contributed by atoms with Crippen molar-refractivity contribution in [3.63, 3.8) is 0 Å². The van der Waals surface area contributed by atoms with Gasteiger partial charge < -0.3 is 4.52 Å². The highest BCUT2D eigenvalue weighted by Gasteiger charge is 2.14. The predicted octanol–water partition coefficient (Wildman–Crippen LogP) is 3.13. The number of nitrogens with one attached hydrogen (secondary N) is 1. The fourth-order valence-corrected chi connectivity index (χ4v) is 2.16. The van der Waals surface area contributed by atoms with Crippen molar-refractivity contribution >= 4 is 11.8 Å². The van der Waals surface area contributed by atoms with Gasteiger partial charge in [0.15, 0.2) is 5.82 Å². The van der Waals surface area contributed by atoms with Crippen LogP contribution in [0.2, 0.25) is 0 Å². The third kappa shape index (κ3) is 2.44. The Morgan fingerprint density at radius 2 is 2.20 bits per heavy atom. The Bertz CT molecular complexity index is 724. The minimum atomic E-state index is -0.320. The van der Waals surface area contributed by atoms with Gasteiger partial charge in [-0.2, -0.15) is 21.8 Å². The highest BCUT2D eigenvalue weighted by Crippen LogP contribution is 2.24. The number of aromatic nitrogens is 4. The van der Waals surface area contributed by atoms with Gasteiger partial charge in [0.1, 0.15) is 11.5 Å². The molecule has 3 rings (SSSR count). The Morgan fingerprint density at radius 1 is 1.35 bits per heavy atom. The second-order valence-corrected chi connectivity index (χ2v) is 4.96. The van der Waals surface area contributed by atoms with Gasteiger partial charge in [0.05, 0.1) is 11.4 Å². The molecule has 3 aromatic rings. The maximum Gasteiger partial charge on any atom is 0.275 e. The lowest BCUT2D eigenvalue weighted by molar-refractivity contribution is 0.424. The van der Waals surface area contributed by atoms with Crippen molar-refractivity contribution in [2.45, 2.75) is 5.75 Å². The lowest BCUT2D eigenvalue weighted by Crippen LogP contribution is -1.82. The van der Waals surface area contributed by atoms with Gasteiger partial charge in [-0.1, -0.05) is 17.3 Å². The summed E-state index contributed by atoms with van der Waals surface area (Å²) in [6.45, 7) is 0. The van der Waals surface area contributed by atoms with Gasteiger partial charge in [-0.25, -0.2) is 4.39 Å². The maximum atomic E-state index is 13.7. The molecule has 1 N–H and O–H groups in total. The number of benzene rings is 1. The van der Waals surface area contributed by atoms with Gasteiger partial charge in [-0.05, 0) is 24.5 Å². The first-order valence-corrected chi connectivity index (χ1v) is 7.29.